The number of nitrogens with zero attached hydrogens (tertiary/aromatic N) is 2. The molecule has 1 heterocycles. The van der Waals surface area contributed by atoms with Crippen LogP contribution in [0.15, 0.2) is 18.2 Å². The summed E-state index contributed by atoms with van der Waals surface area (Å²) >= 11 is 1.20. The fraction of sp³-hybridized carbons (Fsp3) is 0.333. The Hall–Kier alpha value is -1.40. The van der Waals surface area contributed by atoms with Crippen LogP contribution in [-0.4, -0.2) is 9.59 Å². The molecule has 0 saturated carbocycles. The van der Waals surface area contributed by atoms with Crippen LogP contribution in [0.1, 0.15) is 35.5 Å². The normalized spacial score (nSPS) is 12.7. The third kappa shape index (κ3) is 2.54. The number of halogens is 2. The second-order valence-corrected chi connectivity index (χ2v) is 4.77. The molecule has 0 amide bonds. The smallest absolute Gasteiger partial charge is 0.159 e. The minimum atomic E-state index is -0.891. The van der Waals surface area contributed by atoms with E-state index in [0.29, 0.717) is 5.56 Å². The van der Waals surface area contributed by atoms with Crippen LogP contribution in [-0.2, 0) is 6.42 Å². The zero-order valence-corrected chi connectivity index (χ0v) is 10.7. The van der Waals surface area contributed by atoms with Gasteiger partial charge >= 0.3 is 0 Å². The summed E-state index contributed by atoms with van der Waals surface area (Å²) in [7, 11) is 0. The predicted octanol–water partition coefficient (Wildman–Crippen LogP) is 2.82. The van der Waals surface area contributed by atoms with Gasteiger partial charge in [0.05, 0.1) is 16.6 Å². The molecular formula is C12H13F2N3S. The second-order valence-electron chi connectivity index (χ2n) is 3.99. The Morgan fingerprint density at radius 3 is 2.78 bits per heavy atom. The van der Waals surface area contributed by atoms with Gasteiger partial charge in [0.1, 0.15) is 0 Å². The Morgan fingerprint density at radius 1 is 1.33 bits per heavy atom. The van der Waals surface area contributed by atoms with Gasteiger partial charge in [-0.25, -0.2) is 8.78 Å². The molecule has 1 aromatic carbocycles. The molecule has 2 rings (SSSR count). The van der Waals surface area contributed by atoms with Gasteiger partial charge in [0.25, 0.3) is 0 Å². The zero-order valence-electron chi connectivity index (χ0n) is 9.86. The van der Waals surface area contributed by atoms with Gasteiger partial charge in [-0.3, -0.25) is 0 Å². The molecule has 96 valence electrons. The van der Waals surface area contributed by atoms with E-state index < -0.39 is 17.7 Å². The van der Waals surface area contributed by atoms with Crippen LogP contribution in [0.25, 0.3) is 0 Å². The summed E-state index contributed by atoms with van der Waals surface area (Å²) in [4.78, 5) is 0.808. The van der Waals surface area contributed by atoms with Crippen LogP contribution in [0.2, 0.25) is 0 Å². The van der Waals surface area contributed by atoms with Gasteiger partial charge in [-0.2, -0.15) is 0 Å². The molecular weight excluding hydrogens is 256 g/mol. The first-order valence-corrected chi connectivity index (χ1v) is 6.42. The van der Waals surface area contributed by atoms with Crippen molar-refractivity contribution in [3.05, 3.63) is 46.0 Å². The Balaban J connectivity index is 2.32. The van der Waals surface area contributed by atoms with E-state index in [1.165, 1.54) is 17.6 Å². The molecule has 0 aliphatic heterocycles. The maximum Gasteiger partial charge on any atom is 0.159 e. The lowest BCUT2D eigenvalue weighted by Gasteiger charge is -2.11. The van der Waals surface area contributed by atoms with Crippen molar-refractivity contribution in [1.82, 2.24) is 9.59 Å². The van der Waals surface area contributed by atoms with Crippen molar-refractivity contribution in [3.8, 4) is 0 Å². The lowest BCUT2D eigenvalue weighted by Crippen LogP contribution is -2.13. The first-order chi connectivity index (χ1) is 8.63. The monoisotopic (exact) mass is 269 g/mol. The van der Waals surface area contributed by atoms with E-state index in [2.05, 4.69) is 9.59 Å². The Morgan fingerprint density at radius 2 is 2.11 bits per heavy atom. The number of hydrogen-bond donors (Lipinski definition) is 1. The predicted molar refractivity (Wildman–Crippen MR) is 66.3 cm³/mol. The number of hydrogen-bond acceptors (Lipinski definition) is 4. The fourth-order valence-corrected chi connectivity index (χ4v) is 2.44. The van der Waals surface area contributed by atoms with Gasteiger partial charge < -0.3 is 5.73 Å². The molecule has 0 radical (unpaired) electrons. The molecule has 0 spiro atoms. The van der Waals surface area contributed by atoms with Crippen molar-refractivity contribution in [1.29, 1.82) is 0 Å². The highest BCUT2D eigenvalue weighted by atomic mass is 32.1. The topological polar surface area (TPSA) is 51.8 Å². The van der Waals surface area contributed by atoms with Crippen molar-refractivity contribution in [2.75, 3.05) is 0 Å². The van der Waals surface area contributed by atoms with Crippen molar-refractivity contribution < 1.29 is 8.78 Å². The summed E-state index contributed by atoms with van der Waals surface area (Å²) in [5.74, 6) is -1.76. The van der Waals surface area contributed by atoms with Gasteiger partial charge in [-0.05, 0) is 35.6 Å². The summed E-state index contributed by atoms with van der Waals surface area (Å²) in [6.07, 6.45) is 1.71. The lowest BCUT2D eigenvalue weighted by atomic mass is 10.0. The highest BCUT2D eigenvalue weighted by molar-refractivity contribution is 7.05. The van der Waals surface area contributed by atoms with Crippen molar-refractivity contribution in [3.63, 3.8) is 0 Å². The van der Waals surface area contributed by atoms with Gasteiger partial charge in [0, 0.05) is 0 Å². The van der Waals surface area contributed by atoms with Crippen LogP contribution in [0, 0.1) is 11.6 Å². The molecule has 0 saturated heterocycles. The van der Waals surface area contributed by atoms with Gasteiger partial charge in [-0.15, -0.1) is 5.10 Å². The lowest BCUT2D eigenvalue weighted by molar-refractivity contribution is 0.506. The molecule has 0 aliphatic carbocycles. The highest BCUT2D eigenvalue weighted by Gasteiger charge is 2.18. The number of rotatable bonds is 4. The van der Waals surface area contributed by atoms with Crippen LogP contribution in [0.4, 0.5) is 8.78 Å². The second kappa shape index (κ2) is 5.49. The largest absolute Gasteiger partial charge is 0.319 e. The molecule has 1 aromatic heterocycles. The van der Waals surface area contributed by atoms with E-state index >= 15 is 0 Å². The fourth-order valence-electron chi connectivity index (χ4n) is 1.72. The standard InChI is InChI=1S/C12H13F2N3S/c1-2-3-10-12(18-17-16-10)11(15)7-4-5-8(13)9(14)6-7/h4-6,11H,2-3,15H2,1H3. The number of nitrogens with two attached hydrogens (primary N) is 1. The van der Waals surface area contributed by atoms with Gasteiger partial charge in [0.2, 0.25) is 0 Å². The first-order valence-electron chi connectivity index (χ1n) is 5.65. The minimum Gasteiger partial charge on any atom is -0.319 e. The number of benzene rings is 1. The van der Waals surface area contributed by atoms with E-state index in [9.17, 15) is 8.78 Å². The van der Waals surface area contributed by atoms with Crippen molar-refractivity contribution >= 4 is 11.5 Å². The summed E-state index contributed by atoms with van der Waals surface area (Å²) in [6.45, 7) is 2.03. The maximum absolute atomic E-state index is 13.2. The Bertz CT molecular complexity index is 542. The average Bonchev–Trinajstić information content (AvgIpc) is 2.80. The quantitative estimate of drug-likeness (QED) is 0.928. The van der Waals surface area contributed by atoms with Gasteiger partial charge in [-0.1, -0.05) is 23.9 Å². The molecule has 6 heteroatoms. The molecule has 2 N–H and O–H groups in total. The molecule has 0 bridgehead atoms. The minimum absolute atomic E-state index is 0.512. The van der Waals surface area contributed by atoms with Gasteiger partial charge in [0.15, 0.2) is 11.6 Å². The summed E-state index contributed by atoms with van der Waals surface area (Å²) in [5.41, 5.74) is 7.41. The van der Waals surface area contributed by atoms with Crippen LogP contribution in [0.3, 0.4) is 0 Å². The van der Waals surface area contributed by atoms with Crippen LogP contribution in [0.5, 0.6) is 0 Å². The van der Waals surface area contributed by atoms with E-state index in [1.807, 2.05) is 6.92 Å². The third-order valence-electron chi connectivity index (χ3n) is 2.66. The van der Waals surface area contributed by atoms with E-state index in [4.69, 9.17) is 5.73 Å². The molecule has 3 nitrogen and oxygen atoms in total. The summed E-state index contributed by atoms with van der Waals surface area (Å²) < 4.78 is 29.9. The van der Waals surface area contributed by atoms with E-state index in [-0.39, 0.29) is 0 Å². The van der Waals surface area contributed by atoms with E-state index in [0.717, 1.165) is 35.5 Å². The molecule has 1 atom stereocenters. The van der Waals surface area contributed by atoms with Crippen LogP contribution < -0.4 is 5.73 Å². The highest BCUT2D eigenvalue weighted by Crippen LogP contribution is 2.26. The first kappa shape index (κ1) is 13.0. The molecule has 0 fully saturated rings. The van der Waals surface area contributed by atoms with E-state index in [1.54, 1.807) is 0 Å². The Kier molecular flexibility index (Phi) is 3.98. The van der Waals surface area contributed by atoms with Crippen molar-refractivity contribution in [2.24, 2.45) is 5.73 Å². The number of aryl methyl sites for hydroxylation is 1. The van der Waals surface area contributed by atoms with Crippen molar-refractivity contribution in [2.45, 2.75) is 25.8 Å². The third-order valence-corrected chi connectivity index (χ3v) is 3.51. The molecule has 1 unspecified atom stereocenters. The average molecular weight is 269 g/mol. The summed E-state index contributed by atoms with van der Waals surface area (Å²) in [5, 5.41) is 4.01. The SMILES string of the molecule is CCCc1nnsc1C(N)c1ccc(F)c(F)c1. The molecule has 18 heavy (non-hydrogen) atoms. The maximum atomic E-state index is 13.2. The number of aromatic nitrogens is 2. The Labute approximate surface area is 108 Å². The molecule has 2 aromatic rings. The summed E-state index contributed by atoms with van der Waals surface area (Å²) in [6, 6.07) is 3.17. The molecule has 0 aliphatic rings. The zero-order chi connectivity index (χ0) is 13.1. The van der Waals surface area contributed by atoms with Crippen LogP contribution >= 0.6 is 11.5 Å².